The third-order valence-corrected chi connectivity index (χ3v) is 0.658. The lowest BCUT2D eigenvalue weighted by molar-refractivity contribution is 1.07. The van der Waals surface area contributed by atoms with Crippen LogP contribution in [0.5, 0.6) is 0 Å². The predicted octanol–water partition coefficient (Wildman–Crippen LogP) is 0.763. The van der Waals surface area contributed by atoms with Gasteiger partial charge in [0.05, 0.1) is 6.07 Å². The van der Waals surface area contributed by atoms with Crippen LogP contribution in [0.3, 0.4) is 0 Å². The Morgan fingerprint density at radius 2 is 2.57 bits per heavy atom. The average molecular weight is 96.1 g/mol. The lowest BCUT2D eigenvalue weighted by Gasteiger charge is -1.84. The van der Waals surface area contributed by atoms with Crippen LogP contribution in [0, 0.1) is 11.3 Å². The highest BCUT2D eigenvalue weighted by Gasteiger charge is 1.77. The van der Waals surface area contributed by atoms with Crippen LogP contribution in [0.4, 0.5) is 0 Å². The van der Waals surface area contributed by atoms with Crippen LogP contribution in [-0.2, 0) is 0 Å². The molecule has 0 saturated carbocycles. The van der Waals surface area contributed by atoms with Crippen LogP contribution in [0.25, 0.3) is 0 Å². The standard InChI is InChI=1S/C5H8N2/c1-2-5(7)3-4-6/h3H,2,7H2,1H3. The summed E-state index contributed by atoms with van der Waals surface area (Å²) >= 11 is 0. The van der Waals surface area contributed by atoms with Crippen LogP contribution in [0.15, 0.2) is 11.8 Å². The minimum absolute atomic E-state index is 0.641. The van der Waals surface area contributed by atoms with Gasteiger partial charge < -0.3 is 5.73 Å². The molecule has 0 atom stereocenters. The lowest BCUT2D eigenvalue weighted by Crippen LogP contribution is -1.92. The number of hydrogen-bond donors (Lipinski definition) is 1. The van der Waals surface area contributed by atoms with Gasteiger partial charge in [0, 0.05) is 11.8 Å². The molecule has 0 aromatic carbocycles. The molecule has 0 radical (unpaired) electrons. The van der Waals surface area contributed by atoms with E-state index in [1.807, 2.05) is 13.0 Å². The van der Waals surface area contributed by atoms with E-state index in [-0.39, 0.29) is 0 Å². The van der Waals surface area contributed by atoms with E-state index in [1.165, 1.54) is 6.08 Å². The molecule has 2 N–H and O–H groups in total. The third-order valence-electron chi connectivity index (χ3n) is 0.658. The molecule has 0 aromatic heterocycles. The van der Waals surface area contributed by atoms with Gasteiger partial charge >= 0.3 is 0 Å². The maximum atomic E-state index is 7.96. The number of hydrogen-bond acceptors (Lipinski definition) is 2. The van der Waals surface area contributed by atoms with Gasteiger partial charge in [-0.3, -0.25) is 0 Å². The van der Waals surface area contributed by atoms with E-state index < -0.39 is 0 Å². The minimum Gasteiger partial charge on any atom is -0.401 e. The molecule has 0 rings (SSSR count). The van der Waals surface area contributed by atoms with Crippen LogP contribution in [-0.4, -0.2) is 0 Å². The van der Waals surface area contributed by atoms with E-state index in [9.17, 15) is 0 Å². The molecule has 7 heavy (non-hydrogen) atoms. The monoisotopic (exact) mass is 96.1 g/mol. The molecule has 0 bridgehead atoms. The fraction of sp³-hybridized carbons (Fsp3) is 0.400. The number of nitrogens with zero attached hydrogens (tertiary/aromatic N) is 1. The third kappa shape index (κ3) is 2.84. The average Bonchev–Trinajstić information content (AvgIpc) is 1.68. The maximum absolute atomic E-state index is 7.96. The molecule has 0 aromatic rings. The summed E-state index contributed by atoms with van der Waals surface area (Å²) in [6, 6.07) is 1.83. The van der Waals surface area contributed by atoms with Gasteiger partial charge in [0.15, 0.2) is 0 Å². The maximum Gasteiger partial charge on any atom is 0.0930 e. The number of allylic oxidation sites excluding steroid dienone is 2. The van der Waals surface area contributed by atoms with Crippen molar-refractivity contribution in [3.63, 3.8) is 0 Å². The fourth-order valence-electron chi connectivity index (χ4n) is 0.185. The molecule has 0 aliphatic carbocycles. The molecule has 0 aliphatic heterocycles. The van der Waals surface area contributed by atoms with Crippen LogP contribution < -0.4 is 5.73 Å². The molecule has 0 aliphatic rings. The largest absolute Gasteiger partial charge is 0.401 e. The smallest absolute Gasteiger partial charge is 0.0930 e. The van der Waals surface area contributed by atoms with E-state index in [0.29, 0.717) is 5.70 Å². The summed E-state index contributed by atoms with van der Waals surface area (Å²) in [5.41, 5.74) is 5.86. The second-order valence-electron chi connectivity index (χ2n) is 1.20. The van der Waals surface area contributed by atoms with Gasteiger partial charge in [-0.2, -0.15) is 5.26 Å². The van der Waals surface area contributed by atoms with Crippen molar-refractivity contribution in [3.8, 4) is 6.07 Å². The van der Waals surface area contributed by atoms with E-state index in [1.54, 1.807) is 0 Å². The topological polar surface area (TPSA) is 49.8 Å². The van der Waals surface area contributed by atoms with E-state index in [0.717, 1.165) is 6.42 Å². The van der Waals surface area contributed by atoms with Crippen molar-refractivity contribution in [1.82, 2.24) is 0 Å². The Hall–Kier alpha value is -0.970. The quantitative estimate of drug-likeness (QED) is 0.490. The zero-order chi connectivity index (χ0) is 5.70. The molecule has 0 unspecified atom stereocenters. The zero-order valence-corrected chi connectivity index (χ0v) is 4.31. The zero-order valence-electron chi connectivity index (χ0n) is 4.31. The van der Waals surface area contributed by atoms with Crippen molar-refractivity contribution in [2.75, 3.05) is 0 Å². The summed E-state index contributed by atoms with van der Waals surface area (Å²) in [4.78, 5) is 0. The van der Waals surface area contributed by atoms with E-state index >= 15 is 0 Å². The number of nitrogens with two attached hydrogens (primary N) is 1. The number of nitriles is 1. The minimum atomic E-state index is 0.641. The van der Waals surface area contributed by atoms with Crippen molar-refractivity contribution >= 4 is 0 Å². The Morgan fingerprint density at radius 3 is 2.71 bits per heavy atom. The molecule has 2 heteroatoms. The molecular weight excluding hydrogens is 88.1 g/mol. The normalized spacial score (nSPS) is 10.6. The Labute approximate surface area is 43.2 Å². The first kappa shape index (κ1) is 6.03. The van der Waals surface area contributed by atoms with Gasteiger partial charge in [-0.05, 0) is 6.42 Å². The van der Waals surface area contributed by atoms with Crippen molar-refractivity contribution in [2.45, 2.75) is 13.3 Å². The molecule has 0 saturated heterocycles. The first-order valence-electron chi connectivity index (χ1n) is 2.15. The molecule has 0 amide bonds. The van der Waals surface area contributed by atoms with Crippen LogP contribution in [0.1, 0.15) is 13.3 Å². The van der Waals surface area contributed by atoms with Gasteiger partial charge in [0.1, 0.15) is 0 Å². The first-order valence-corrected chi connectivity index (χ1v) is 2.15. The molecule has 0 heterocycles. The highest BCUT2D eigenvalue weighted by molar-refractivity contribution is 5.09. The molecule has 38 valence electrons. The Kier molecular flexibility index (Phi) is 2.78. The van der Waals surface area contributed by atoms with E-state index in [4.69, 9.17) is 11.0 Å². The van der Waals surface area contributed by atoms with Crippen LogP contribution in [0.2, 0.25) is 0 Å². The molecular formula is C5H8N2. The van der Waals surface area contributed by atoms with Crippen LogP contribution >= 0.6 is 0 Å². The lowest BCUT2D eigenvalue weighted by atomic mass is 10.3. The van der Waals surface area contributed by atoms with Gasteiger partial charge in [-0.15, -0.1) is 0 Å². The Morgan fingerprint density at radius 1 is 2.00 bits per heavy atom. The van der Waals surface area contributed by atoms with Gasteiger partial charge in [0.2, 0.25) is 0 Å². The molecule has 0 spiro atoms. The summed E-state index contributed by atoms with van der Waals surface area (Å²) in [5.74, 6) is 0. The Bertz CT molecular complexity index is 108. The van der Waals surface area contributed by atoms with Gasteiger partial charge in [-0.1, -0.05) is 6.92 Å². The number of rotatable bonds is 1. The van der Waals surface area contributed by atoms with E-state index in [2.05, 4.69) is 0 Å². The Balaban J connectivity index is 3.56. The van der Waals surface area contributed by atoms with Crippen molar-refractivity contribution in [3.05, 3.63) is 11.8 Å². The first-order chi connectivity index (χ1) is 3.31. The summed E-state index contributed by atoms with van der Waals surface area (Å²) < 4.78 is 0. The molecule has 0 fully saturated rings. The van der Waals surface area contributed by atoms with Gasteiger partial charge in [-0.25, -0.2) is 0 Å². The second kappa shape index (κ2) is 3.23. The summed E-state index contributed by atoms with van der Waals surface area (Å²) in [5, 5.41) is 7.96. The van der Waals surface area contributed by atoms with Crippen molar-refractivity contribution in [1.29, 1.82) is 5.26 Å². The fourth-order valence-corrected chi connectivity index (χ4v) is 0.185. The van der Waals surface area contributed by atoms with Crippen molar-refractivity contribution in [2.24, 2.45) is 5.73 Å². The highest BCUT2D eigenvalue weighted by atomic mass is 14.6. The van der Waals surface area contributed by atoms with Gasteiger partial charge in [0.25, 0.3) is 0 Å². The summed E-state index contributed by atoms with van der Waals surface area (Å²) in [6.45, 7) is 1.91. The highest BCUT2D eigenvalue weighted by Crippen LogP contribution is 1.85. The molecule has 2 nitrogen and oxygen atoms in total. The second-order valence-corrected chi connectivity index (χ2v) is 1.20. The summed E-state index contributed by atoms with van der Waals surface area (Å²) in [7, 11) is 0. The predicted molar refractivity (Wildman–Crippen MR) is 28.2 cm³/mol. The summed E-state index contributed by atoms with van der Waals surface area (Å²) in [6.07, 6.45) is 2.10. The SMILES string of the molecule is CCC(N)=CC#N. The van der Waals surface area contributed by atoms with Crippen molar-refractivity contribution < 1.29 is 0 Å².